The molecule has 1 aliphatic rings. The Morgan fingerprint density at radius 2 is 1.73 bits per heavy atom. The van der Waals surface area contributed by atoms with Crippen molar-refractivity contribution in [3.05, 3.63) is 33.3 Å². The zero-order chi connectivity index (χ0) is 16.4. The molecule has 1 heterocycles. The number of nitrogens with zero attached hydrogens (tertiary/aromatic N) is 1. The van der Waals surface area contributed by atoms with E-state index in [4.69, 9.17) is 27.9 Å². The molecule has 0 unspecified atom stereocenters. The number of carbonyl (C=O) groups is 3. The van der Waals surface area contributed by atoms with Gasteiger partial charge in [-0.25, -0.2) is 0 Å². The molecule has 22 heavy (non-hydrogen) atoms. The van der Waals surface area contributed by atoms with Gasteiger partial charge in [0.2, 0.25) is 5.91 Å². The van der Waals surface area contributed by atoms with Gasteiger partial charge in [0.1, 0.15) is 6.54 Å². The van der Waals surface area contributed by atoms with Crippen LogP contribution in [0.2, 0.25) is 10.0 Å². The number of imide groups is 1. The topological polar surface area (TPSA) is 75.7 Å². The van der Waals surface area contributed by atoms with Gasteiger partial charge in [-0.15, -0.1) is 0 Å². The van der Waals surface area contributed by atoms with Gasteiger partial charge in [0, 0.05) is 13.2 Å². The quantitative estimate of drug-likeness (QED) is 0.825. The highest BCUT2D eigenvalue weighted by molar-refractivity contribution is 6.43. The standard InChI is InChI=1S/C14H14Cl2N2O4/c1-7(6-22-2)17-12(19)5-18-13(20)8-3-10(15)11(16)4-9(8)14(18)21/h3-4,7H,5-6H2,1-2H3,(H,17,19)/t7-/m1/s1. The number of nitrogens with one attached hydrogen (secondary N) is 1. The second kappa shape index (κ2) is 6.64. The van der Waals surface area contributed by atoms with Crippen molar-refractivity contribution in [2.45, 2.75) is 13.0 Å². The minimum atomic E-state index is -0.562. The molecule has 2 rings (SSSR count). The van der Waals surface area contributed by atoms with E-state index in [1.807, 2.05) is 0 Å². The highest BCUT2D eigenvalue weighted by atomic mass is 35.5. The minimum Gasteiger partial charge on any atom is -0.383 e. The molecule has 0 aliphatic carbocycles. The Hall–Kier alpha value is -1.63. The van der Waals surface area contributed by atoms with Crippen molar-refractivity contribution < 1.29 is 19.1 Å². The van der Waals surface area contributed by atoms with Crippen molar-refractivity contribution in [1.82, 2.24) is 10.2 Å². The van der Waals surface area contributed by atoms with Crippen LogP contribution in [0, 0.1) is 0 Å². The number of carbonyl (C=O) groups excluding carboxylic acids is 3. The number of rotatable bonds is 5. The van der Waals surface area contributed by atoms with Crippen LogP contribution in [0.15, 0.2) is 12.1 Å². The molecule has 3 amide bonds. The number of hydrogen-bond donors (Lipinski definition) is 1. The first-order valence-electron chi connectivity index (χ1n) is 6.48. The van der Waals surface area contributed by atoms with Gasteiger partial charge in [-0.3, -0.25) is 19.3 Å². The van der Waals surface area contributed by atoms with Crippen molar-refractivity contribution in [1.29, 1.82) is 0 Å². The lowest BCUT2D eigenvalue weighted by molar-refractivity contribution is -0.122. The number of methoxy groups -OCH3 is 1. The van der Waals surface area contributed by atoms with Crippen molar-refractivity contribution in [2.24, 2.45) is 0 Å². The molecule has 0 bridgehead atoms. The monoisotopic (exact) mass is 344 g/mol. The van der Waals surface area contributed by atoms with Gasteiger partial charge in [-0.05, 0) is 19.1 Å². The molecule has 0 aromatic heterocycles. The highest BCUT2D eigenvalue weighted by Gasteiger charge is 2.37. The van der Waals surface area contributed by atoms with Crippen LogP contribution in [0.3, 0.4) is 0 Å². The van der Waals surface area contributed by atoms with E-state index in [-0.39, 0.29) is 33.8 Å². The molecule has 0 spiro atoms. The normalized spacial score (nSPS) is 15.0. The number of benzene rings is 1. The van der Waals surface area contributed by atoms with E-state index < -0.39 is 17.7 Å². The molecule has 8 heteroatoms. The molecule has 0 radical (unpaired) electrons. The van der Waals surface area contributed by atoms with E-state index >= 15 is 0 Å². The first kappa shape index (κ1) is 16.7. The summed E-state index contributed by atoms with van der Waals surface area (Å²) in [6.07, 6.45) is 0. The van der Waals surface area contributed by atoms with Crippen LogP contribution in [-0.2, 0) is 9.53 Å². The Balaban J connectivity index is 2.13. The first-order chi connectivity index (χ1) is 10.3. The summed E-state index contributed by atoms with van der Waals surface area (Å²) in [6, 6.07) is 2.45. The number of ether oxygens (including phenoxy) is 1. The predicted molar refractivity (Wildman–Crippen MR) is 81.3 cm³/mol. The Kier molecular flexibility index (Phi) is 5.05. The largest absolute Gasteiger partial charge is 0.383 e. The Morgan fingerprint density at radius 1 is 1.23 bits per heavy atom. The van der Waals surface area contributed by atoms with Gasteiger partial charge in [-0.2, -0.15) is 0 Å². The predicted octanol–water partition coefficient (Wildman–Crippen LogP) is 1.74. The van der Waals surface area contributed by atoms with Crippen LogP contribution < -0.4 is 5.32 Å². The van der Waals surface area contributed by atoms with E-state index in [2.05, 4.69) is 5.32 Å². The van der Waals surface area contributed by atoms with Gasteiger partial charge in [-0.1, -0.05) is 23.2 Å². The van der Waals surface area contributed by atoms with Gasteiger partial charge in [0.05, 0.1) is 27.8 Å². The molecule has 0 fully saturated rings. The zero-order valence-electron chi connectivity index (χ0n) is 12.0. The molecular formula is C14H14Cl2N2O4. The lowest BCUT2D eigenvalue weighted by Crippen LogP contribution is -2.44. The van der Waals surface area contributed by atoms with Gasteiger partial charge in [0.15, 0.2) is 0 Å². The second-order valence-corrected chi connectivity index (χ2v) is 5.75. The van der Waals surface area contributed by atoms with Crippen LogP contribution in [0.5, 0.6) is 0 Å². The summed E-state index contributed by atoms with van der Waals surface area (Å²) in [5.41, 5.74) is 0.300. The van der Waals surface area contributed by atoms with Crippen LogP contribution in [-0.4, -0.2) is 48.9 Å². The summed E-state index contributed by atoms with van der Waals surface area (Å²) in [5, 5.41) is 3.00. The van der Waals surface area contributed by atoms with E-state index in [1.165, 1.54) is 19.2 Å². The number of amides is 3. The van der Waals surface area contributed by atoms with Crippen molar-refractivity contribution in [3.63, 3.8) is 0 Å². The molecule has 1 N–H and O–H groups in total. The third-order valence-corrected chi connectivity index (χ3v) is 3.86. The van der Waals surface area contributed by atoms with Crippen molar-refractivity contribution in [2.75, 3.05) is 20.3 Å². The second-order valence-electron chi connectivity index (χ2n) is 4.93. The molecule has 118 valence electrons. The minimum absolute atomic E-state index is 0.150. The molecule has 1 atom stereocenters. The fourth-order valence-corrected chi connectivity index (χ4v) is 2.51. The summed E-state index contributed by atoms with van der Waals surface area (Å²) in [5.74, 6) is -1.57. The zero-order valence-corrected chi connectivity index (χ0v) is 13.5. The average molecular weight is 345 g/mol. The Bertz CT molecular complexity index is 607. The first-order valence-corrected chi connectivity index (χ1v) is 7.24. The molecule has 0 saturated heterocycles. The van der Waals surface area contributed by atoms with Crippen LogP contribution >= 0.6 is 23.2 Å². The van der Waals surface area contributed by atoms with E-state index in [9.17, 15) is 14.4 Å². The van der Waals surface area contributed by atoms with Gasteiger partial charge < -0.3 is 10.1 Å². The smallest absolute Gasteiger partial charge is 0.262 e. The third kappa shape index (κ3) is 3.24. The summed E-state index contributed by atoms with van der Waals surface area (Å²) < 4.78 is 4.90. The molecule has 1 aliphatic heterocycles. The average Bonchev–Trinajstić information content (AvgIpc) is 2.65. The molecule has 0 saturated carbocycles. The highest BCUT2D eigenvalue weighted by Crippen LogP contribution is 2.31. The Labute approximate surface area is 137 Å². The number of halogens is 2. The Morgan fingerprint density at radius 3 is 2.18 bits per heavy atom. The van der Waals surface area contributed by atoms with Gasteiger partial charge >= 0.3 is 0 Å². The van der Waals surface area contributed by atoms with Crippen LogP contribution in [0.1, 0.15) is 27.6 Å². The van der Waals surface area contributed by atoms with Gasteiger partial charge in [0.25, 0.3) is 11.8 Å². The molecule has 1 aromatic rings. The lowest BCUT2D eigenvalue weighted by Gasteiger charge is -2.16. The molecule has 6 nitrogen and oxygen atoms in total. The van der Waals surface area contributed by atoms with E-state index in [0.29, 0.717) is 6.61 Å². The summed E-state index contributed by atoms with van der Waals surface area (Å²) in [6.45, 7) is 1.72. The van der Waals surface area contributed by atoms with E-state index in [1.54, 1.807) is 6.92 Å². The summed E-state index contributed by atoms with van der Waals surface area (Å²) >= 11 is 11.7. The molecule has 1 aromatic carbocycles. The number of fused-ring (bicyclic) bond motifs is 1. The van der Waals surface area contributed by atoms with Crippen LogP contribution in [0.25, 0.3) is 0 Å². The maximum Gasteiger partial charge on any atom is 0.262 e. The van der Waals surface area contributed by atoms with E-state index in [0.717, 1.165) is 4.90 Å². The SMILES string of the molecule is COC[C@@H](C)NC(=O)CN1C(=O)c2cc(Cl)c(Cl)cc2C1=O. The summed E-state index contributed by atoms with van der Waals surface area (Å²) in [7, 11) is 1.51. The van der Waals surface area contributed by atoms with Crippen molar-refractivity contribution in [3.8, 4) is 0 Å². The maximum atomic E-state index is 12.2. The fraction of sp³-hybridized carbons (Fsp3) is 0.357. The molecular weight excluding hydrogens is 331 g/mol. The lowest BCUT2D eigenvalue weighted by atomic mass is 10.1. The summed E-state index contributed by atoms with van der Waals surface area (Å²) in [4.78, 5) is 37.2. The maximum absolute atomic E-state index is 12.2. The fourth-order valence-electron chi connectivity index (χ4n) is 2.18. The van der Waals surface area contributed by atoms with Crippen molar-refractivity contribution >= 4 is 40.9 Å². The number of hydrogen-bond acceptors (Lipinski definition) is 4. The third-order valence-electron chi connectivity index (χ3n) is 3.14. The van der Waals surface area contributed by atoms with Crippen LogP contribution in [0.4, 0.5) is 0 Å².